The van der Waals surface area contributed by atoms with Gasteiger partial charge in [0, 0.05) is 0 Å². The van der Waals surface area contributed by atoms with Crippen LogP contribution in [0.2, 0.25) is 4.47 Å². The van der Waals surface area contributed by atoms with Crippen LogP contribution in [-0.4, -0.2) is 28.7 Å². The monoisotopic (exact) mass is 311 g/mol. The second kappa shape index (κ2) is 6.44. The van der Waals surface area contributed by atoms with E-state index in [2.05, 4.69) is 15.5 Å². The molecular weight excluding hydrogens is 302 g/mol. The molecule has 0 bridgehead atoms. The van der Waals surface area contributed by atoms with E-state index in [0.29, 0.717) is 5.69 Å². The molecule has 2 aromatic rings. The lowest BCUT2D eigenvalue weighted by molar-refractivity contribution is 0.0527. The van der Waals surface area contributed by atoms with Crippen LogP contribution < -0.4 is 5.32 Å². The minimum atomic E-state index is -0.501. The van der Waals surface area contributed by atoms with Gasteiger partial charge in [0.1, 0.15) is 0 Å². The van der Waals surface area contributed by atoms with Gasteiger partial charge in [0.05, 0.1) is 17.9 Å². The molecule has 0 fully saturated rings. The molecule has 0 aliphatic heterocycles. The van der Waals surface area contributed by atoms with Crippen LogP contribution in [0.4, 0.5) is 5.69 Å². The highest BCUT2D eigenvalue weighted by molar-refractivity contribution is 7.17. The number of rotatable bonds is 4. The number of nitrogens with zero attached hydrogens (tertiary/aromatic N) is 2. The standard InChI is InChI=1S/C12H10ClN3O3S/c1-2-19-11(18)7-5-3-4-6-8(7)14-9(17)10-15-16-12(13)20-10/h3-6H,2H2,1H3,(H,14,17). The largest absolute Gasteiger partial charge is 0.462 e. The van der Waals surface area contributed by atoms with E-state index in [1.54, 1.807) is 31.2 Å². The Morgan fingerprint density at radius 3 is 2.75 bits per heavy atom. The van der Waals surface area contributed by atoms with Crippen molar-refractivity contribution in [2.75, 3.05) is 11.9 Å². The van der Waals surface area contributed by atoms with Gasteiger partial charge in [-0.05, 0) is 30.7 Å². The first-order valence-electron chi connectivity index (χ1n) is 5.68. The molecule has 2 rings (SSSR count). The van der Waals surface area contributed by atoms with E-state index in [4.69, 9.17) is 16.3 Å². The minimum absolute atomic E-state index is 0.119. The molecule has 0 aliphatic carbocycles. The lowest BCUT2D eigenvalue weighted by atomic mass is 10.2. The van der Waals surface area contributed by atoms with Crippen molar-refractivity contribution >= 4 is 40.5 Å². The summed E-state index contributed by atoms with van der Waals surface area (Å²) in [7, 11) is 0. The van der Waals surface area contributed by atoms with Crippen LogP contribution in [0.25, 0.3) is 0 Å². The number of nitrogens with one attached hydrogen (secondary N) is 1. The van der Waals surface area contributed by atoms with Crippen molar-refractivity contribution in [3.63, 3.8) is 0 Å². The molecule has 1 aromatic carbocycles. The van der Waals surface area contributed by atoms with Crippen molar-refractivity contribution in [3.05, 3.63) is 39.3 Å². The molecule has 8 heteroatoms. The van der Waals surface area contributed by atoms with Gasteiger partial charge in [-0.15, -0.1) is 10.2 Å². The second-order valence-electron chi connectivity index (χ2n) is 3.58. The van der Waals surface area contributed by atoms with E-state index < -0.39 is 11.9 Å². The Kier molecular flexibility index (Phi) is 4.65. The first kappa shape index (κ1) is 14.4. The Morgan fingerprint density at radius 2 is 2.10 bits per heavy atom. The fraction of sp³-hybridized carbons (Fsp3) is 0.167. The van der Waals surface area contributed by atoms with Crippen LogP contribution in [-0.2, 0) is 4.74 Å². The van der Waals surface area contributed by atoms with Crippen molar-refractivity contribution in [1.29, 1.82) is 0 Å². The Labute approximate surface area is 123 Å². The topological polar surface area (TPSA) is 81.2 Å². The maximum absolute atomic E-state index is 11.9. The molecule has 0 radical (unpaired) electrons. The van der Waals surface area contributed by atoms with Gasteiger partial charge >= 0.3 is 5.97 Å². The van der Waals surface area contributed by atoms with Crippen molar-refractivity contribution in [2.24, 2.45) is 0 Å². The van der Waals surface area contributed by atoms with E-state index in [9.17, 15) is 9.59 Å². The molecule has 1 N–H and O–H groups in total. The Hall–Kier alpha value is -1.99. The fourth-order valence-corrected chi connectivity index (χ4v) is 2.18. The first-order valence-corrected chi connectivity index (χ1v) is 6.87. The highest BCUT2D eigenvalue weighted by atomic mass is 35.5. The summed E-state index contributed by atoms with van der Waals surface area (Å²) in [6, 6.07) is 6.56. The number of carbonyl (C=O) groups is 2. The molecule has 1 heterocycles. The maximum atomic E-state index is 11.9. The molecule has 0 aliphatic rings. The van der Waals surface area contributed by atoms with E-state index in [-0.39, 0.29) is 21.6 Å². The summed E-state index contributed by atoms with van der Waals surface area (Å²) < 4.78 is 5.10. The number of aromatic nitrogens is 2. The summed E-state index contributed by atoms with van der Waals surface area (Å²) in [6.07, 6.45) is 0. The number of esters is 1. The summed E-state index contributed by atoms with van der Waals surface area (Å²) in [6.45, 7) is 1.97. The fourth-order valence-electron chi connectivity index (χ4n) is 1.45. The van der Waals surface area contributed by atoms with Gasteiger partial charge < -0.3 is 10.1 Å². The number of ether oxygens (including phenoxy) is 1. The van der Waals surface area contributed by atoms with Gasteiger partial charge in [-0.1, -0.05) is 23.5 Å². The third kappa shape index (κ3) is 3.31. The average molecular weight is 312 g/mol. The van der Waals surface area contributed by atoms with Crippen molar-refractivity contribution < 1.29 is 14.3 Å². The predicted molar refractivity (Wildman–Crippen MR) is 75.3 cm³/mol. The van der Waals surface area contributed by atoms with E-state index >= 15 is 0 Å². The molecule has 1 aromatic heterocycles. The van der Waals surface area contributed by atoms with Crippen molar-refractivity contribution in [3.8, 4) is 0 Å². The lowest BCUT2D eigenvalue weighted by Gasteiger charge is -2.08. The summed E-state index contributed by atoms with van der Waals surface area (Å²) in [4.78, 5) is 23.7. The number of hydrogen-bond acceptors (Lipinski definition) is 6. The number of halogens is 1. The van der Waals surface area contributed by atoms with Gasteiger partial charge in [0.15, 0.2) is 0 Å². The zero-order chi connectivity index (χ0) is 14.5. The van der Waals surface area contributed by atoms with Crippen molar-refractivity contribution in [1.82, 2.24) is 10.2 Å². The second-order valence-corrected chi connectivity index (χ2v) is 5.14. The predicted octanol–water partition coefficient (Wildman–Crippen LogP) is 2.62. The zero-order valence-electron chi connectivity index (χ0n) is 10.4. The van der Waals surface area contributed by atoms with Crippen LogP contribution in [0.15, 0.2) is 24.3 Å². The van der Waals surface area contributed by atoms with Crippen LogP contribution in [0.1, 0.15) is 27.1 Å². The number of anilines is 1. The Morgan fingerprint density at radius 1 is 1.35 bits per heavy atom. The summed E-state index contributed by atoms with van der Waals surface area (Å²) in [5.41, 5.74) is 0.626. The third-order valence-electron chi connectivity index (χ3n) is 2.27. The van der Waals surface area contributed by atoms with Crippen LogP contribution >= 0.6 is 22.9 Å². The first-order chi connectivity index (χ1) is 9.61. The van der Waals surface area contributed by atoms with Crippen LogP contribution in [0.5, 0.6) is 0 Å². The molecule has 0 saturated carbocycles. The molecule has 104 valence electrons. The molecule has 0 atom stereocenters. The summed E-state index contributed by atoms with van der Waals surface area (Å²) in [5.74, 6) is -0.982. The molecule has 0 spiro atoms. The summed E-state index contributed by atoms with van der Waals surface area (Å²) >= 11 is 6.58. The lowest BCUT2D eigenvalue weighted by Crippen LogP contribution is -2.15. The number of benzene rings is 1. The smallest absolute Gasteiger partial charge is 0.340 e. The number of amides is 1. The minimum Gasteiger partial charge on any atom is -0.462 e. The maximum Gasteiger partial charge on any atom is 0.340 e. The third-order valence-corrected chi connectivity index (χ3v) is 3.28. The Bertz CT molecular complexity index is 644. The quantitative estimate of drug-likeness (QED) is 0.878. The molecular formula is C12H10ClN3O3S. The van der Waals surface area contributed by atoms with Crippen LogP contribution in [0.3, 0.4) is 0 Å². The molecule has 20 heavy (non-hydrogen) atoms. The number of hydrogen-bond donors (Lipinski definition) is 1. The molecule has 0 unspecified atom stereocenters. The number of carbonyl (C=O) groups excluding carboxylic acids is 2. The Balaban J connectivity index is 2.21. The SMILES string of the molecule is CCOC(=O)c1ccccc1NC(=O)c1nnc(Cl)s1. The van der Waals surface area contributed by atoms with E-state index in [1.807, 2.05) is 0 Å². The zero-order valence-corrected chi connectivity index (χ0v) is 12.0. The van der Waals surface area contributed by atoms with Gasteiger partial charge in [-0.2, -0.15) is 0 Å². The molecule has 6 nitrogen and oxygen atoms in total. The molecule has 0 saturated heterocycles. The van der Waals surface area contributed by atoms with E-state index in [0.717, 1.165) is 11.3 Å². The normalized spacial score (nSPS) is 10.1. The van der Waals surface area contributed by atoms with Gasteiger partial charge in [-0.25, -0.2) is 4.79 Å². The van der Waals surface area contributed by atoms with E-state index in [1.165, 1.54) is 0 Å². The highest BCUT2D eigenvalue weighted by Crippen LogP contribution is 2.20. The van der Waals surface area contributed by atoms with Crippen molar-refractivity contribution in [2.45, 2.75) is 6.92 Å². The van der Waals surface area contributed by atoms with Gasteiger partial charge in [-0.3, -0.25) is 4.79 Å². The van der Waals surface area contributed by atoms with Gasteiger partial charge in [0.25, 0.3) is 5.91 Å². The number of para-hydroxylation sites is 1. The van der Waals surface area contributed by atoms with Gasteiger partial charge in [0.2, 0.25) is 9.47 Å². The van der Waals surface area contributed by atoms with Crippen LogP contribution in [0, 0.1) is 0 Å². The highest BCUT2D eigenvalue weighted by Gasteiger charge is 2.17. The average Bonchev–Trinajstić information content (AvgIpc) is 2.86. The summed E-state index contributed by atoms with van der Waals surface area (Å²) in [5, 5.41) is 9.89. The molecule has 1 amide bonds.